The number of nitrogens with one attached hydrogen (secondary N) is 1. The highest BCUT2D eigenvalue weighted by Gasteiger charge is 2.14. The van der Waals surface area contributed by atoms with Crippen LogP contribution in [0.4, 0.5) is 5.82 Å². The fourth-order valence-corrected chi connectivity index (χ4v) is 2.47. The van der Waals surface area contributed by atoms with Crippen molar-refractivity contribution in [1.29, 1.82) is 0 Å². The summed E-state index contributed by atoms with van der Waals surface area (Å²) in [6.07, 6.45) is 7.97. The summed E-state index contributed by atoms with van der Waals surface area (Å²) >= 11 is 6.32. The largest absolute Gasteiger partial charge is 0.372 e. The van der Waals surface area contributed by atoms with Crippen molar-refractivity contribution in [2.45, 2.75) is 13.3 Å². The average molecular weight is 288 g/mol. The maximum atomic E-state index is 6.32. The lowest BCUT2D eigenvalue weighted by Gasteiger charge is -2.06. The SMILES string of the molecule is CCc1cncc(-n2cc(Cl)c3c(NC)ncnc32)c1. The third kappa shape index (κ3) is 2.00. The van der Waals surface area contributed by atoms with Gasteiger partial charge in [0.2, 0.25) is 0 Å². The minimum absolute atomic E-state index is 0.617. The lowest BCUT2D eigenvalue weighted by Crippen LogP contribution is -1.98. The van der Waals surface area contributed by atoms with Crippen molar-refractivity contribution < 1.29 is 0 Å². The molecule has 0 radical (unpaired) electrons. The standard InChI is InChI=1S/C14H14ClN5/c1-3-9-4-10(6-17-5-9)20-7-11(15)12-13(16-2)18-8-19-14(12)20/h4-8H,3H2,1-2H3,(H,16,18,19). The number of nitrogens with zero attached hydrogens (tertiary/aromatic N) is 4. The van der Waals surface area contributed by atoms with E-state index in [1.807, 2.05) is 24.0 Å². The first-order chi connectivity index (χ1) is 9.74. The maximum absolute atomic E-state index is 6.32. The first-order valence-electron chi connectivity index (χ1n) is 6.38. The van der Waals surface area contributed by atoms with Crippen LogP contribution in [0.5, 0.6) is 0 Å². The van der Waals surface area contributed by atoms with Gasteiger partial charge in [0.15, 0.2) is 5.65 Å². The fraction of sp³-hybridized carbons (Fsp3) is 0.214. The second-order valence-electron chi connectivity index (χ2n) is 4.42. The van der Waals surface area contributed by atoms with Gasteiger partial charge in [-0.05, 0) is 18.1 Å². The van der Waals surface area contributed by atoms with E-state index in [1.54, 1.807) is 6.20 Å². The zero-order chi connectivity index (χ0) is 14.1. The summed E-state index contributed by atoms with van der Waals surface area (Å²) in [5, 5.41) is 4.47. The molecule has 6 heteroatoms. The van der Waals surface area contributed by atoms with Crippen molar-refractivity contribution in [3.05, 3.63) is 41.6 Å². The van der Waals surface area contributed by atoms with Crippen molar-refractivity contribution in [2.75, 3.05) is 12.4 Å². The van der Waals surface area contributed by atoms with Crippen molar-refractivity contribution in [2.24, 2.45) is 0 Å². The minimum Gasteiger partial charge on any atom is -0.372 e. The van der Waals surface area contributed by atoms with Crippen molar-refractivity contribution in [1.82, 2.24) is 19.5 Å². The first kappa shape index (κ1) is 12.9. The quantitative estimate of drug-likeness (QED) is 0.804. The van der Waals surface area contributed by atoms with Gasteiger partial charge in [-0.3, -0.25) is 9.55 Å². The molecule has 0 aromatic carbocycles. The van der Waals surface area contributed by atoms with Gasteiger partial charge in [-0.1, -0.05) is 18.5 Å². The topological polar surface area (TPSA) is 55.6 Å². The number of fused-ring (bicyclic) bond motifs is 1. The van der Waals surface area contributed by atoms with E-state index in [0.717, 1.165) is 29.0 Å². The summed E-state index contributed by atoms with van der Waals surface area (Å²) in [5.74, 6) is 0.721. The molecule has 0 bridgehead atoms. The molecule has 0 saturated heterocycles. The highest BCUT2D eigenvalue weighted by molar-refractivity contribution is 6.36. The molecule has 0 saturated carbocycles. The molecule has 3 rings (SSSR count). The van der Waals surface area contributed by atoms with Crippen molar-refractivity contribution >= 4 is 28.5 Å². The molecule has 5 nitrogen and oxygen atoms in total. The summed E-state index contributed by atoms with van der Waals surface area (Å²) in [7, 11) is 1.81. The Hall–Kier alpha value is -2.14. The smallest absolute Gasteiger partial charge is 0.151 e. The van der Waals surface area contributed by atoms with E-state index < -0.39 is 0 Å². The van der Waals surface area contributed by atoms with Gasteiger partial charge >= 0.3 is 0 Å². The second-order valence-corrected chi connectivity index (χ2v) is 4.83. The molecule has 0 aliphatic carbocycles. The highest BCUT2D eigenvalue weighted by Crippen LogP contribution is 2.31. The van der Waals surface area contributed by atoms with Gasteiger partial charge in [0.05, 0.1) is 22.3 Å². The van der Waals surface area contributed by atoms with Crippen molar-refractivity contribution in [3.63, 3.8) is 0 Å². The van der Waals surface area contributed by atoms with Gasteiger partial charge in [0, 0.05) is 19.4 Å². The van der Waals surface area contributed by atoms with Crippen molar-refractivity contribution in [3.8, 4) is 5.69 Å². The van der Waals surface area contributed by atoms with Crippen LogP contribution in [0.25, 0.3) is 16.7 Å². The van der Waals surface area contributed by atoms with Gasteiger partial charge in [0.1, 0.15) is 12.1 Å². The molecule has 0 aliphatic rings. The Balaban J connectivity index is 2.26. The first-order valence-corrected chi connectivity index (χ1v) is 6.76. The Morgan fingerprint density at radius 2 is 2.15 bits per heavy atom. The highest BCUT2D eigenvalue weighted by atomic mass is 35.5. The third-order valence-electron chi connectivity index (χ3n) is 3.24. The second kappa shape index (κ2) is 5.09. The molecule has 3 aromatic heterocycles. The Morgan fingerprint density at radius 3 is 2.90 bits per heavy atom. The Labute approximate surface area is 121 Å². The van der Waals surface area contributed by atoms with Gasteiger partial charge in [-0.15, -0.1) is 0 Å². The summed E-state index contributed by atoms with van der Waals surface area (Å²) in [6, 6.07) is 2.09. The molecule has 20 heavy (non-hydrogen) atoms. The zero-order valence-electron chi connectivity index (χ0n) is 11.3. The van der Waals surface area contributed by atoms with Crippen LogP contribution in [0.3, 0.4) is 0 Å². The molecule has 0 spiro atoms. The lowest BCUT2D eigenvalue weighted by molar-refractivity contribution is 1.03. The predicted octanol–water partition coefficient (Wildman–Crippen LogP) is 3.07. The fourth-order valence-electron chi connectivity index (χ4n) is 2.20. The normalized spacial score (nSPS) is 10.9. The Morgan fingerprint density at radius 1 is 1.30 bits per heavy atom. The van der Waals surface area contributed by atoms with Crippen LogP contribution in [0, 0.1) is 0 Å². The number of aryl methyl sites for hydroxylation is 1. The molecule has 3 heterocycles. The van der Waals surface area contributed by atoms with Crippen LogP contribution >= 0.6 is 11.6 Å². The number of anilines is 1. The summed E-state index contributed by atoms with van der Waals surface area (Å²) < 4.78 is 1.94. The number of hydrogen-bond acceptors (Lipinski definition) is 4. The molecular weight excluding hydrogens is 274 g/mol. The van der Waals surface area contributed by atoms with Crippen LogP contribution in [-0.4, -0.2) is 26.6 Å². The van der Waals surface area contributed by atoms with E-state index in [2.05, 4.69) is 33.3 Å². The van der Waals surface area contributed by atoms with Gasteiger partial charge in [0.25, 0.3) is 0 Å². The molecule has 0 aliphatic heterocycles. The lowest BCUT2D eigenvalue weighted by atomic mass is 10.2. The monoisotopic (exact) mass is 287 g/mol. The molecule has 1 N–H and O–H groups in total. The summed E-state index contributed by atoms with van der Waals surface area (Å²) in [5.41, 5.74) is 2.88. The Kier molecular flexibility index (Phi) is 3.28. The van der Waals surface area contributed by atoms with Crippen LogP contribution < -0.4 is 5.32 Å². The van der Waals surface area contributed by atoms with Crippen LogP contribution in [-0.2, 0) is 6.42 Å². The van der Waals surface area contributed by atoms with E-state index in [0.29, 0.717) is 5.02 Å². The van der Waals surface area contributed by atoms with E-state index in [4.69, 9.17) is 11.6 Å². The van der Waals surface area contributed by atoms with Gasteiger partial charge in [-0.2, -0.15) is 0 Å². The van der Waals surface area contributed by atoms with E-state index in [1.165, 1.54) is 11.9 Å². The molecular formula is C14H14ClN5. The molecule has 102 valence electrons. The maximum Gasteiger partial charge on any atom is 0.151 e. The molecule has 0 fully saturated rings. The summed E-state index contributed by atoms with van der Waals surface area (Å²) in [6.45, 7) is 2.10. The molecule has 3 aromatic rings. The number of rotatable bonds is 3. The van der Waals surface area contributed by atoms with E-state index in [9.17, 15) is 0 Å². The molecule has 0 amide bonds. The zero-order valence-corrected chi connectivity index (χ0v) is 12.0. The van der Waals surface area contributed by atoms with Gasteiger partial charge in [-0.25, -0.2) is 9.97 Å². The number of hydrogen-bond donors (Lipinski definition) is 1. The number of halogens is 1. The molecule has 0 unspecified atom stereocenters. The van der Waals surface area contributed by atoms with Gasteiger partial charge < -0.3 is 5.32 Å². The number of pyridine rings is 1. The third-order valence-corrected chi connectivity index (χ3v) is 3.53. The van der Waals surface area contributed by atoms with E-state index >= 15 is 0 Å². The minimum atomic E-state index is 0.617. The van der Waals surface area contributed by atoms with E-state index in [-0.39, 0.29) is 0 Å². The summed E-state index contributed by atoms with van der Waals surface area (Å²) in [4.78, 5) is 12.8. The number of aromatic nitrogens is 4. The van der Waals surface area contributed by atoms with Crippen LogP contribution in [0.15, 0.2) is 31.0 Å². The predicted molar refractivity (Wildman–Crippen MR) is 80.6 cm³/mol. The van der Waals surface area contributed by atoms with Crippen LogP contribution in [0.1, 0.15) is 12.5 Å². The average Bonchev–Trinajstić information content (AvgIpc) is 2.85. The van der Waals surface area contributed by atoms with Crippen LogP contribution in [0.2, 0.25) is 5.02 Å². The Bertz CT molecular complexity index is 765. The molecule has 0 atom stereocenters.